The Kier molecular flexibility index (Phi) is 3.52. The maximum Gasteiger partial charge on any atom is 0.271 e. The molecule has 5 heteroatoms. The van der Waals surface area contributed by atoms with E-state index in [1.54, 1.807) is 0 Å². The molecule has 1 aromatic carbocycles. The van der Waals surface area contributed by atoms with Gasteiger partial charge in [0.2, 0.25) is 0 Å². The van der Waals surface area contributed by atoms with Crippen molar-refractivity contribution in [3.63, 3.8) is 0 Å². The second kappa shape index (κ2) is 5.27. The van der Waals surface area contributed by atoms with Crippen molar-refractivity contribution in [2.24, 2.45) is 5.73 Å². The fourth-order valence-corrected chi connectivity index (χ4v) is 1.54. The highest BCUT2D eigenvalue weighted by Crippen LogP contribution is 2.10. The molecule has 0 aliphatic rings. The monoisotopic (exact) mass is 242 g/mol. The van der Waals surface area contributed by atoms with E-state index in [2.05, 4.69) is 15.3 Å². The molecule has 92 valence electrons. The molecule has 1 heterocycles. The van der Waals surface area contributed by atoms with Gasteiger partial charge in [0.05, 0.1) is 0 Å². The summed E-state index contributed by atoms with van der Waals surface area (Å²) >= 11 is 0. The molecule has 18 heavy (non-hydrogen) atoms. The number of anilines is 1. The lowest BCUT2D eigenvalue weighted by Gasteiger charge is -2.08. The summed E-state index contributed by atoms with van der Waals surface area (Å²) in [6.45, 7) is 2.60. The quantitative estimate of drug-likeness (QED) is 0.851. The van der Waals surface area contributed by atoms with Gasteiger partial charge in [-0.1, -0.05) is 29.8 Å². The molecule has 0 saturated carbocycles. The highest BCUT2D eigenvalue weighted by Gasteiger charge is 2.09. The number of nitrogens with two attached hydrogens (primary N) is 1. The van der Waals surface area contributed by atoms with Crippen LogP contribution in [-0.4, -0.2) is 15.9 Å². The van der Waals surface area contributed by atoms with Gasteiger partial charge in [0.1, 0.15) is 0 Å². The van der Waals surface area contributed by atoms with Gasteiger partial charge in [-0.05, 0) is 12.5 Å². The fraction of sp³-hybridized carbons (Fsp3) is 0.154. The van der Waals surface area contributed by atoms with Gasteiger partial charge in [-0.15, -0.1) is 0 Å². The van der Waals surface area contributed by atoms with Crippen LogP contribution in [0.15, 0.2) is 36.7 Å². The highest BCUT2D eigenvalue weighted by atomic mass is 16.1. The zero-order valence-electron chi connectivity index (χ0n) is 10.1. The zero-order valence-corrected chi connectivity index (χ0v) is 10.1. The van der Waals surface area contributed by atoms with Crippen LogP contribution in [0.25, 0.3) is 0 Å². The van der Waals surface area contributed by atoms with Gasteiger partial charge in [0.25, 0.3) is 5.91 Å². The van der Waals surface area contributed by atoms with E-state index in [0.717, 1.165) is 5.56 Å². The van der Waals surface area contributed by atoms with Crippen LogP contribution in [0, 0.1) is 6.92 Å². The van der Waals surface area contributed by atoms with Gasteiger partial charge in [0.15, 0.2) is 11.5 Å². The predicted octanol–water partition coefficient (Wildman–Crippen LogP) is 1.50. The minimum Gasteiger partial charge on any atom is -0.364 e. The molecule has 0 bridgehead atoms. The number of primary amides is 1. The third kappa shape index (κ3) is 2.82. The molecule has 0 atom stereocenters. The van der Waals surface area contributed by atoms with Gasteiger partial charge >= 0.3 is 0 Å². The number of carbonyl (C=O) groups is 1. The Balaban J connectivity index is 2.10. The van der Waals surface area contributed by atoms with Gasteiger partial charge in [-0.25, -0.2) is 9.97 Å². The summed E-state index contributed by atoms with van der Waals surface area (Å²) in [5.74, 6) is -0.180. The average molecular weight is 242 g/mol. The smallest absolute Gasteiger partial charge is 0.271 e. The summed E-state index contributed by atoms with van der Waals surface area (Å²) in [7, 11) is 0. The normalized spacial score (nSPS) is 10.1. The molecule has 0 fully saturated rings. The van der Waals surface area contributed by atoms with Crippen molar-refractivity contribution in [1.29, 1.82) is 0 Å². The van der Waals surface area contributed by atoms with E-state index in [9.17, 15) is 4.79 Å². The van der Waals surface area contributed by atoms with Crippen LogP contribution in [0.3, 0.4) is 0 Å². The lowest BCUT2D eigenvalue weighted by Crippen LogP contribution is -2.17. The van der Waals surface area contributed by atoms with Gasteiger partial charge in [0, 0.05) is 18.9 Å². The maximum absolute atomic E-state index is 11.2. The van der Waals surface area contributed by atoms with Crippen molar-refractivity contribution >= 4 is 11.7 Å². The molecule has 0 aliphatic carbocycles. The number of hydrogen-bond acceptors (Lipinski definition) is 4. The molecule has 3 N–H and O–H groups in total. The minimum atomic E-state index is -0.588. The Morgan fingerprint density at radius 3 is 2.56 bits per heavy atom. The Hall–Kier alpha value is -2.43. The summed E-state index contributed by atoms with van der Waals surface area (Å²) < 4.78 is 0. The summed E-state index contributed by atoms with van der Waals surface area (Å²) in [6, 6.07) is 8.09. The van der Waals surface area contributed by atoms with Crippen LogP contribution >= 0.6 is 0 Å². The molecule has 1 aromatic heterocycles. The predicted molar refractivity (Wildman–Crippen MR) is 69.1 cm³/mol. The van der Waals surface area contributed by atoms with Crippen LogP contribution < -0.4 is 11.1 Å². The van der Waals surface area contributed by atoms with E-state index in [4.69, 9.17) is 5.73 Å². The first-order valence-corrected chi connectivity index (χ1v) is 5.57. The number of aromatic nitrogens is 2. The van der Waals surface area contributed by atoms with Crippen molar-refractivity contribution in [2.45, 2.75) is 13.5 Å². The van der Waals surface area contributed by atoms with Crippen molar-refractivity contribution in [1.82, 2.24) is 9.97 Å². The number of nitrogens with one attached hydrogen (secondary N) is 1. The molecule has 1 amide bonds. The lowest BCUT2D eigenvalue weighted by atomic mass is 10.1. The number of rotatable bonds is 4. The Morgan fingerprint density at radius 2 is 1.89 bits per heavy atom. The van der Waals surface area contributed by atoms with Crippen molar-refractivity contribution in [2.75, 3.05) is 5.32 Å². The number of nitrogens with zero attached hydrogens (tertiary/aromatic N) is 2. The molecular formula is C13H14N4O. The molecule has 0 radical (unpaired) electrons. The molecular weight excluding hydrogens is 228 g/mol. The second-order valence-electron chi connectivity index (χ2n) is 3.96. The number of benzene rings is 1. The molecule has 0 aliphatic heterocycles. The van der Waals surface area contributed by atoms with E-state index in [-0.39, 0.29) is 5.69 Å². The van der Waals surface area contributed by atoms with Crippen LogP contribution in [0.5, 0.6) is 0 Å². The standard InChI is InChI=1S/C13H14N4O/c1-9-2-4-10(5-3-9)8-17-13-11(12(14)18)15-6-7-16-13/h2-7H,8H2,1H3,(H2,14,18)(H,16,17). The average Bonchev–Trinajstić information content (AvgIpc) is 2.38. The second-order valence-corrected chi connectivity index (χ2v) is 3.96. The van der Waals surface area contributed by atoms with Gasteiger partial charge in [-0.2, -0.15) is 0 Å². The van der Waals surface area contributed by atoms with E-state index < -0.39 is 5.91 Å². The molecule has 2 rings (SSSR count). The van der Waals surface area contributed by atoms with E-state index in [0.29, 0.717) is 12.4 Å². The third-order valence-electron chi connectivity index (χ3n) is 2.51. The first-order chi connectivity index (χ1) is 8.66. The Morgan fingerprint density at radius 1 is 1.22 bits per heavy atom. The Bertz CT molecular complexity index is 551. The molecule has 2 aromatic rings. The van der Waals surface area contributed by atoms with Crippen molar-refractivity contribution < 1.29 is 4.79 Å². The van der Waals surface area contributed by atoms with Gasteiger partial charge in [-0.3, -0.25) is 4.79 Å². The van der Waals surface area contributed by atoms with Crippen molar-refractivity contribution in [3.05, 3.63) is 53.5 Å². The summed E-state index contributed by atoms with van der Waals surface area (Å²) in [6.07, 6.45) is 2.96. The van der Waals surface area contributed by atoms with E-state index in [1.807, 2.05) is 31.2 Å². The highest BCUT2D eigenvalue weighted by molar-refractivity contribution is 5.95. The van der Waals surface area contributed by atoms with Crippen molar-refractivity contribution in [3.8, 4) is 0 Å². The molecule has 0 saturated heterocycles. The van der Waals surface area contributed by atoms with E-state index in [1.165, 1.54) is 18.0 Å². The number of carbonyl (C=O) groups excluding carboxylic acids is 1. The first kappa shape index (κ1) is 12.0. The number of aryl methyl sites for hydroxylation is 1. The van der Waals surface area contributed by atoms with Gasteiger partial charge < -0.3 is 11.1 Å². The summed E-state index contributed by atoms with van der Waals surface area (Å²) in [5.41, 5.74) is 7.68. The topological polar surface area (TPSA) is 80.9 Å². The number of hydrogen-bond donors (Lipinski definition) is 2. The largest absolute Gasteiger partial charge is 0.364 e. The summed E-state index contributed by atoms with van der Waals surface area (Å²) in [4.78, 5) is 19.1. The van der Waals surface area contributed by atoms with Crippen LogP contribution in [0.2, 0.25) is 0 Å². The fourth-order valence-electron chi connectivity index (χ4n) is 1.54. The maximum atomic E-state index is 11.2. The molecule has 5 nitrogen and oxygen atoms in total. The number of amides is 1. The molecule has 0 unspecified atom stereocenters. The minimum absolute atomic E-state index is 0.157. The third-order valence-corrected chi connectivity index (χ3v) is 2.51. The Labute approximate surface area is 105 Å². The molecule has 0 spiro atoms. The zero-order chi connectivity index (χ0) is 13.0. The first-order valence-electron chi connectivity index (χ1n) is 5.57. The van der Waals surface area contributed by atoms with E-state index >= 15 is 0 Å². The lowest BCUT2D eigenvalue weighted by molar-refractivity contribution is 0.0996. The summed E-state index contributed by atoms with van der Waals surface area (Å²) in [5, 5.41) is 3.06. The van der Waals surface area contributed by atoms with Crippen LogP contribution in [0.4, 0.5) is 5.82 Å². The van der Waals surface area contributed by atoms with Crippen LogP contribution in [0.1, 0.15) is 21.6 Å². The van der Waals surface area contributed by atoms with Crippen LogP contribution in [-0.2, 0) is 6.54 Å². The SMILES string of the molecule is Cc1ccc(CNc2nccnc2C(N)=O)cc1.